The van der Waals surface area contributed by atoms with E-state index in [1.165, 1.54) is 37.0 Å². The fourth-order valence-corrected chi connectivity index (χ4v) is 5.33. The van der Waals surface area contributed by atoms with E-state index < -0.39 is 0 Å². The summed E-state index contributed by atoms with van der Waals surface area (Å²) in [4.78, 5) is 28.6. The molecular formula is C19H29N5O2S. The summed E-state index contributed by atoms with van der Waals surface area (Å²) >= 11 is 1.47. The number of nitrogens with zero attached hydrogens (tertiary/aromatic N) is 4. The van der Waals surface area contributed by atoms with Crippen LogP contribution in [-0.4, -0.2) is 47.7 Å². The fraction of sp³-hybridized carbons (Fsp3) is 0.789. The zero-order valence-corrected chi connectivity index (χ0v) is 16.7. The zero-order valence-electron chi connectivity index (χ0n) is 15.9. The first-order chi connectivity index (χ1) is 13.2. The molecule has 0 spiro atoms. The summed E-state index contributed by atoms with van der Waals surface area (Å²) in [6.07, 6.45) is 10.7. The Morgan fingerprint density at radius 2 is 1.74 bits per heavy atom. The lowest BCUT2D eigenvalue weighted by Gasteiger charge is -2.32. The minimum atomic E-state index is 0.0165. The third-order valence-corrected chi connectivity index (χ3v) is 6.98. The number of hydrogen-bond donors (Lipinski definition) is 1. The van der Waals surface area contributed by atoms with E-state index in [-0.39, 0.29) is 17.7 Å². The standard InChI is InChI=1S/C19H29N5O2S/c25-16-10-6-12-24(16)19-22-21-18(27-19)23-11-5-7-14(13-23)17(26)20-15-8-3-1-2-4-9-15/h14-15H,1-13H2,(H,20,26)/t14-/m0/s1. The van der Waals surface area contributed by atoms with Crippen molar-refractivity contribution in [3.8, 4) is 0 Å². The Bertz CT molecular complexity index is 671. The highest BCUT2D eigenvalue weighted by atomic mass is 32.1. The molecule has 2 amide bonds. The monoisotopic (exact) mass is 391 g/mol. The van der Waals surface area contributed by atoms with E-state index in [4.69, 9.17) is 0 Å². The van der Waals surface area contributed by atoms with Gasteiger partial charge in [0.2, 0.25) is 22.1 Å². The number of anilines is 2. The maximum atomic E-state index is 12.8. The van der Waals surface area contributed by atoms with Gasteiger partial charge in [-0.1, -0.05) is 37.0 Å². The molecule has 1 saturated carbocycles. The third-order valence-electron chi connectivity index (χ3n) is 5.97. The first kappa shape index (κ1) is 18.7. The minimum absolute atomic E-state index is 0.0165. The third kappa shape index (κ3) is 4.42. The SMILES string of the molecule is O=C(NC1CCCCCC1)[C@H]1CCCN(c2nnc(N3CCCC3=O)s2)C1. The van der Waals surface area contributed by atoms with Gasteiger partial charge < -0.3 is 10.2 Å². The molecule has 1 aromatic heterocycles. The summed E-state index contributed by atoms with van der Waals surface area (Å²) in [6.45, 7) is 2.33. The van der Waals surface area contributed by atoms with Crippen LogP contribution in [0.4, 0.5) is 10.3 Å². The first-order valence-corrected chi connectivity index (χ1v) is 11.2. The van der Waals surface area contributed by atoms with Crippen LogP contribution in [0.15, 0.2) is 0 Å². The lowest BCUT2D eigenvalue weighted by Crippen LogP contribution is -2.46. The van der Waals surface area contributed by atoms with Gasteiger partial charge in [0.05, 0.1) is 5.92 Å². The number of aromatic nitrogens is 2. The summed E-state index contributed by atoms with van der Waals surface area (Å²) in [7, 11) is 0. The Morgan fingerprint density at radius 3 is 2.48 bits per heavy atom. The summed E-state index contributed by atoms with van der Waals surface area (Å²) in [5.41, 5.74) is 0. The number of hydrogen-bond acceptors (Lipinski definition) is 6. The van der Waals surface area contributed by atoms with E-state index in [9.17, 15) is 9.59 Å². The molecule has 3 aliphatic rings. The van der Waals surface area contributed by atoms with Gasteiger partial charge >= 0.3 is 0 Å². The average Bonchev–Trinajstić information content (AvgIpc) is 3.25. The molecule has 1 N–H and O–H groups in total. The lowest BCUT2D eigenvalue weighted by atomic mass is 9.96. The molecule has 3 heterocycles. The number of carbonyl (C=O) groups excluding carboxylic acids is 2. The number of piperidine rings is 1. The normalized spacial score (nSPS) is 24.9. The predicted molar refractivity (Wildman–Crippen MR) is 106 cm³/mol. The van der Waals surface area contributed by atoms with Crippen molar-refractivity contribution in [1.29, 1.82) is 0 Å². The predicted octanol–water partition coefficient (Wildman–Crippen LogP) is 2.72. The smallest absolute Gasteiger partial charge is 0.228 e. The number of nitrogens with one attached hydrogen (secondary N) is 1. The van der Waals surface area contributed by atoms with Gasteiger partial charge in [-0.15, -0.1) is 10.2 Å². The van der Waals surface area contributed by atoms with Gasteiger partial charge in [-0.25, -0.2) is 0 Å². The van der Waals surface area contributed by atoms with Crippen LogP contribution in [-0.2, 0) is 9.59 Å². The minimum Gasteiger partial charge on any atom is -0.353 e. The Morgan fingerprint density at radius 1 is 0.963 bits per heavy atom. The average molecular weight is 392 g/mol. The molecule has 1 aliphatic carbocycles. The highest BCUT2D eigenvalue weighted by Gasteiger charge is 2.30. The highest BCUT2D eigenvalue weighted by molar-refractivity contribution is 7.19. The molecule has 1 aromatic rings. The van der Waals surface area contributed by atoms with Gasteiger partial charge in [0.15, 0.2) is 0 Å². The molecule has 4 rings (SSSR count). The van der Waals surface area contributed by atoms with Gasteiger partial charge in [-0.3, -0.25) is 14.5 Å². The van der Waals surface area contributed by atoms with Gasteiger partial charge in [0.1, 0.15) is 0 Å². The topological polar surface area (TPSA) is 78.4 Å². The molecule has 2 aliphatic heterocycles. The van der Waals surface area contributed by atoms with Gasteiger partial charge in [-0.2, -0.15) is 0 Å². The van der Waals surface area contributed by atoms with Crippen molar-refractivity contribution < 1.29 is 9.59 Å². The van der Waals surface area contributed by atoms with Gasteiger partial charge in [0, 0.05) is 32.1 Å². The molecule has 8 heteroatoms. The molecule has 0 aromatic carbocycles. The quantitative estimate of drug-likeness (QED) is 0.799. The Balaban J connectivity index is 1.35. The van der Waals surface area contributed by atoms with Crippen molar-refractivity contribution in [3.63, 3.8) is 0 Å². The summed E-state index contributed by atoms with van der Waals surface area (Å²) in [5.74, 6) is 0.353. The van der Waals surface area contributed by atoms with E-state index in [0.29, 0.717) is 24.1 Å². The largest absolute Gasteiger partial charge is 0.353 e. The van der Waals surface area contributed by atoms with Gasteiger partial charge in [-0.05, 0) is 32.1 Å². The Kier molecular flexibility index (Phi) is 5.90. The molecule has 7 nitrogen and oxygen atoms in total. The molecule has 148 valence electrons. The molecule has 1 atom stereocenters. The lowest BCUT2D eigenvalue weighted by molar-refractivity contribution is -0.126. The van der Waals surface area contributed by atoms with Crippen LogP contribution in [0.1, 0.15) is 64.2 Å². The number of rotatable bonds is 4. The fourth-order valence-electron chi connectivity index (χ4n) is 4.40. The van der Waals surface area contributed by atoms with Crippen molar-refractivity contribution in [1.82, 2.24) is 15.5 Å². The molecule has 0 radical (unpaired) electrons. The van der Waals surface area contributed by atoms with Crippen molar-refractivity contribution in [2.45, 2.75) is 70.3 Å². The number of amides is 2. The second-order valence-electron chi connectivity index (χ2n) is 8.00. The molecule has 2 saturated heterocycles. The van der Waals surface area contributed by atoms with E-state index >= 15 is 0 Å². The van der Waals surface area contributed by atoms with Crippen LogP contribution in [0.25, 0.3) is 0 Å². The Hall–Kier alpha value is -1.70. The van der Waals surface area contributed by atoms with Crippen LogP contribution in [0, 0.1) is 5.92 Å². The van der Waals surface area contributed by atoms with E-state index in [2.05, 4.69) is 20.4 Å². The molecule has 27 heavy (non-hydrogen) atoms. The van der Waals surface area contributed by atoms with Crippen molar-refractivity contribution in [3.05, 3.63) is 0 Å². The first-order valence-electron chi connectivity index (χ1n) is 10.4. The summed E-state index contributed by atoms with van der Waals surface area (Å²) in [5, 5.41) is 13.4. The van der Waals surface area contributed by atoms with E-state index in [1.807, 2.05) is 0 Å². The summed E-state index contributed by atoms with van der Waals surface area (Å²) in [6, 6.07) is 0.352. The van der Waals surface area contributed by atoms with Crippen LogP contribution < -0.4 is 15.1 Å². The van der Waals surface area contributed by atoms with Crippen LogP contribution >= 0.6 is 11.3 Å². The van der Waals surface area contributed by atoms with Crippen molar-refractivity contribution in [2.24, 2.45) is 5.92 Å². The zero-order chi connectivity index (χ0) is 18.6. The Labute approximate surface area is 164 Å². The second-order valence-corrected chi connectivity index (χ2v) is 8.93. The maximum Gasteiger partial charge on any atom is 0.228 e. The highest BCUT2D eigenvalue weighted by Crippen LogP contribution is 2.32. The van der Waals surface area contributed by atoms with E-state index in [0.717, 1.165) is 50.3 Å². The molecule has 0 unspecified atom stereocenters. The molecular weight excluding hydrogens is 362 g/mol. The molecule has 0 bridgehead atoms. The molecule has 3 fully saturated rings. The van der Waals surface area contributed by atoms with Crippen LogP contribution in [0.5, 0.6) is 0 Å². The second kappa shape index (κ2) is 8.54. The van der Waals surface area contributed by atoms with Crippen molar-refractivity contribution in [2.75, 3.05) is 29.4 Å². The van der Waals surface area contributed by atoms with E-state index in [1.54, 1.807) is 4.90 Å². The van der Waals surface area contributed by atoms with Gasteiger partial charge in [0.25, 0.3) is 0 Å². The van der Waals surface area contributed by atoms with Crippen LogP contribution in [0.3, 0.4) is 0 Å². The summed E-state index contributed by atoms with van der Waals surface area (Å²) < 4.78 is 0. The maximum absolute atomic E-state index is 12.8. The van der Waals surface area contributed by atoms with Crippen molar-refractivity contribution >= 4 is 33.4 Å². The number of carbonyl (C=O) groups is 2. The van der Waals surface area contributed by atoms with Crippen LogP contribution in [0.2, 0.25) is 0 Å².